The van der Waals surface area contributed by atoms with Crippen LogP contribution in [0.4, 0.5) is 0 Å². The van der Waals surface area contributed by atoms with Crippen molar-refractivity contribution in [3.63, 3.8) is 0 Å². The van der Waals surface area contributed by atoms with Crippen LogP contribution in [0.25, 0.3) is 10.7 Å². The number of amides is 1. The highest BCUT2D eigenvalue weighted by atomic mass is 32.2. The average Bonchev–Trinajstić information content (AvgIpc) is 3.48. The van der Waals surface area contributed by atoms with Gasteiger partial charge in [0.1, 0.15) is 14.8 Å². The number of morpholine rings is 1. The number of nitrogens with zero attached hydrogens (tertiary/aromatic N) is 3. The molecule has 4 heterocycles. The predicted molar refractivity (Wildman–Crippen MR) is 117 cm³/mol. The molecule has 2 aromatic rings. The monoisotopic (exact) mass is 468 g/mol. The van der Waals surface area contributed by atoms with Crippen molar-refractivity contribution >= 4 is 27.3 Å². The van der Waals surface area contributed by atoms with Crippen molar-refractivity contribution in [2.75, 3.05) is 39.5 Å². The van der Waals surface area contributed by atoms with Crippen LogP contribution in [-0.4, -0.2) is 74.3 Å². The molecule has 0 spiro atoms. The lowest BCUT2D eigenvalue weighted by atomic mass is 10.2. The van der Waals surface area contributed by atoms with Crippen LogP contribution in [0.2, 0.25) is 0 Å². The van der Waals surface area contributed by atoms with Crippen molar-refractivity contribution < 1.29 is 22.7 Å². The molecule has 1 N–H and O–H groups in total. The number of rotatable bonds is 6. The number of carbonyl (C=O) groups excluding carboxylic acids is 1. The van der Waals surface area contributed by atoms with Crippen LogP contribution in [0.3, 0.4) is 0 Å². The van der Waals surface area contributed by atoms with Crippen molar-refractivity contribution in [1.82, 2.24) is 19.2 Å². The summed E-state index contributed by atoms with van der Waals surface area (Å²) >= 11 is 1.30. The molecule has 0 unspecified atom stereocenters. The molecule has 0 bridgehead atoms. The normalized spacial score (nSPS) is 19.8. The minimum Gasteiger partial charge on any atom is -0.378 e. The van der Waals surface area contributed by atoms with Crippen molar-refractivity contribution in [2.24, 2.45) is 7.05 Å². The summed E-state index contributed by atoms with van der Waals surface area (Å²) < 4.78 is 41.2. The molecule has 2 saturated heterocycles. The highest BCUT2D eigenvalue weighted by molar-refractivity contribution is 7.89. The Hall–Kier alpha value is -1.79. The SMILES string of the molecule is Cc1nc(-c2cc(S(=O)(=O)NC[C@H]3CCCO3)c(C)n2C)sc1C(=O)N1CCOCC1. The smallest absolute Gasteiger partial charge is 0.266 e. The van der Waals surface area contributed by atoms with Crippen molar-refractivity contribution in [2.45, 2.75) is 37.7 Å². The van der Waals surface area contributed by atoms with E-state index in [4.69, 9.17) is 9.47 Å². The molecular weight excluding hydrogens is 440 g/mol. The van der Waals surface area contributed by atoms with E-state index in [2.05, 4.69) is 9.71 Å². The molecule has 0 saturated carbocycles. The molecule has 2 aromatic heterocycles. The standard InChI is InChI=1S/C20H28N4O5S2/c1-13-18(20(25)24-6-9-28-10-7-24)30-19(22-13)16-11-17(14(2)23(16)3)31(26,27)21-12-15-5-4-8-29-15/h11,15,21H,4-10,12H2,1-3H3/t15-/m1/s1. The van der Waals surface area contributed by atoms with E-state index in [0.29, 0.717) is 59.9 Å². The van der Waals surface area contributed by atoms with Gasteiger partial charge in [0, 0.05) is 39.0 Å². The second kappa shape index (κ2) is 8.99. The zero-order valence-corrected chi connectivity index (χ0v) is 19.6. The van der Waals surface area contributed by atoms with Crippen LogP contribution in [0, 0.1) is 13.8 Å². The minimum atomic E-state index is -3.69. The van der Waals surface area contributed by atoms with E-state index in [1.165, 1.54) is 11.3 Å². The van der Waals surface area contributed by atoms with Gasteiger partial charge in [0.2, 0.25) is 10.0 Å². The first-order chi connectivity index (χ1) is 14.8. The van der Waals surface area contributed by atoms with Crippen molar-refractivity contribution in [3.05, 3.63) is 22.3 Å². The van der Waals surface area contributed by atoms with Crippen molar-refractivity contribution in [1.29, 1.82) is 0 Å². The molecule has 170 valence electrons. The summed E-state index contributed by atoms with van der Waals surface area (Å²) in [5.74, 6) is -0.0541. The molecule has 11 heteroatoms. The molecule has 2 aliphatic rings. The molecule has 0 radical (unpaired) electrons. The van der Waals surface area contributed by atoms with Gasteiger partial charge in [0.25, 0.3) is 5.91 Å². The Morgan fingerprint density at radius 1 is 1.29 bits per heavy atom. The van der Waals surface area contributed by atoms with Gasteiger partial charge in [-0.1, -0.05) is 0 Å². The molecular formula is C20H28N4O5S2. The van der Waals surface area contributed by atoms with Gasteiger partial charge in [-0.3, -0.25) is 4.79 Å². The number of aromatic nitrogens is 2. The molecule has 0 aliphatic carbocycles. The summed E-state index contributed by atoms with van der Waals surface area (Å²) in [5.41, 5.74) is 1.93. The van der Waals surface area contributed by atoms with E-state index in [-0.39, 0.29) is 23.5 Å². The largest absolute Gasteiger partial charge is 0.378 e. The van der Waals surface area contributed by atoms with Gasteiger partial charge in [-0.15, -0.1) is 11.3 Å². The van der Waals surface area contributed by atoms with Gasteiger partial charge in [-0.25, -0.2) is 18.1 Å². The quantitative estimate of drug-likeness (QED) is 0.692. The molecule has 2 fully saturated rings. The fraction of sp³-hybridized carbons (Fsp3) is 0.600. The zero-order valence-electron chi connectivity index (χ0n) is 18.0. The third-order valence-electron chi connectivity index (χ3n) is 5.81. The number of aryl methyl sites for hydroxylation is 1. The summed E-state index contributed by atoms with van der Waals surface area (Å²) in [6.07, 6.45) is 1.74. The van der Waals surface area contributed by atoms with Gasteiger partial charge in [-0.05, 0) is 32.8 Å². The lowest BCUT2D eigenvalue weighted by Gasteiger charge is -2.26. The summed E-state index contributed by atoms with van der Waals surface area (Å²) in [7, 11) is -1.88. The van der Waals surface area contributed by atoms with Crippen LogP contribution in [0.5, 0.6) is 0 Å². The van der Waals surface area contributed by atoms with Crippen LogP contribution in [0.15, 0.2) is 11.0 Å². The number of sulfonamides is 1. The number of carbonyl (C=O) groups is 1. The van der Waals surface area contributed by atoms with E-state index in [1.807, 2.05) is 18.5 Å². The van der Waals surface area contributed by atoms with E-state index in [0.717, 1.165) is 12.8 Å². The van der Waals surface area contributed by atoms with Gasteiger partial charge in [0.15, 0.2) is 0 Å². The van der Waals surface area contributed by atoms with E-state index >= 15 is 0 Å². The van der Waals surface area contributed by atoms with Crippen LogP contribution >= 0.6 is 11.3 Å². The molecule has 0 aromatic carbocycles. The molecule has 1 amide bonds. The van der Waals surface area contributed by atoms with E-state index in [1.54, 1.807) is 17.9 Å². The fourth-order valence-corrected chi connectivity index (χ4v) is 6.29. The Bertz CT molecular complexity index is 1060. The summed E-state index contributed by atoms with van der Waals surface area (Å²) in [4.78, 5) is 20.1. The van der Waals surface area contributed by atoms with Gasteiger partial charge < -0.3 is 18.9 Å². The maximum atomic E-state index is 12.9. The van der Waals surface area contributed by atoms with Crippen molar-refractivity contribution in [3.8, 4) is 10.7 Å². The number of nitrogens with one attached hydrogen (secondary N) is 1. The summed E-state index contributed by atoms with van der Waals surface area (Å²) in [6, 6.07) is 1.63. The minimum absolute atomic E-state index is 0.0541. The average molecular weight is 469 g/mol. The van der Waals surface area contributed by atoms with Gasteiger partial charge in [0.05, 0.1) is 30.7 Å². The Morgan fingerprint density at radius 3 is 2.71 bits per heavy atom. The third-order valence-corrected chi connectivity index (χ3v) is 8.52. The maximum absolute atomic E-state index is 12.9. The van der Waals surface area contributed by atoms with Gasteiger partial charge >= 0.3 is 0 Å². The Morgan fingerprint density at radius 2 is 2.03 bits per heavy atom. The second-order valence-electron chi connectivity index (χ2n) is 7.86. The highest BCUT2D eigenvalue weighted by Gasteiger charge is 2.28. The lowest BCUT2D eigenvalue weighted by molar-refractivity contribution is 0.0305. The highest BCUT2D eigenvalue weighted by Crippen LogP contribution is 2.33. The Balaban J connectivity index is 1.58. The Labute approximate surface area is 186 Å². The molecule has 2 aliphatic heterocycles. The number of hydrogen-bond acceptors (Lipinski definition) is 7. The van der Waals surface area contributed by atoms with Crippen LogP contribution < -0.4 is 4.72 Å². The summed E-state index contributed by atoms with van der Waals surface area (Å²) in [5, 5.41) is 0.625. The topological polar surface area (TPSA) is 103 Å². The number of hydrogen-bond donors (Lipinski definition) is 1. The summed E-state index contributed by atoms with van der Waals surface area (Å²) in [6.45, 7) is 6.72. The lowest BCUT2D eigenvalue weighted by Crippen LogP contribution is -2.40. The molecule has 31 heavy (non-hydrogen) atoms. The third kappa shape index (κ3) is 4.56. The molecule has 9 nitrogen and oxygen atoms in total. The second-order valence-corrected chi connectivity index (χ2v) is 10.6. The molecule has 4 rings (SSSR count). The predicted octanol–water partition coefficient (Wildman–Crippen LogP) is 1.70. The first-order valence-electron chi connectivity index (χ1n) is 10.4. The number of thiazole rings is 1. The number of ether oxygens (including phenoxy) is 2. The zero-order chi connectivity index (χ0) is 22.2. The first-order valence-corrected chi connectivity index (χ1v) is 12.7. The maximum Gasteiger partial charge on any atom is 0.266 e. The van der Waals surface area contributed by atoms with Gasteiger partial charge in [-0.2, -0.15) is 0 Å². The Kier molecular flexibility index (Phi) is 6.50. The van der Waals surface area contributed by atoms with Crippen LogP contribution in [0.1, 0.15) is 33.9 Å². The first kappa shape index (κ1) is 22.4. The molecule has 1 atom stereocenters. The van der Waals surface area contributed by atoms with E-state index < -0.39 is 10.0 Å². The van der Waals surface area contributed by atoms with E-state index in [9.17, 15) is 13.2 Å². The fourth-order valence-electron chi connectivity index (χ4n) is 3.85. The van der Waals surface area contributed by atoms with Crippen LogP contribution in [-0.2, 0) is 26.5 Å².